The molecule has 1 aromatic rings. The average Bonchev–Trinajstić information content (AvgIpc) is 2.27. The average molecular weight is 238 g/mol. The molecule has 1 N–H and O–H groups in total. The summed E-state index contributed by atoms with van der Waals surface area (Å²) < 4.78 is 0. The number of Topliss-reactive ketones (excluding diaryl/α,β-unsaturated/α-hetero) is 1. The number of carbonyl (C=O) groups is 2. The van der Waals surface area contributed by atoms with Crippen LogP contribution in [0.5, 0.6) is 0 Å². The summed E-state index contributed by atoms with van der Waals surface area (Å²) in [5.41, 5.74) is 0. The number of nitrogens with zero attached hydrogens (tertiary/aromatic N) is 1. The molecule has 0 saturated heterocycles. The van der Waals surface area contributed by atoms with Crippen LogP contribution in [0.4, 0.5) is 0 Å². The van der Waals surface area contributed by atoms with E-state index in [1.165, 1.54) is 18.7 Å². The fraction of sp³-hybridized carbons (Fsp3) is 0.364. The van der Waals surface area contributed by atoms with Crippen LogP contribution in [0.2, 0.25) is 0 Å². The predicted octanol–water partition coefficient (Wildman–Crippen LogP) is 1.27. The molecule has 1 rings (SSSR count). The zero-order valence-corrected chi connectivity index (χ0v) is 10.1. The molecule has 0 radical (unpaired) electrons. The molecule has 1 amide bonds. The van der Waals surface area contributed by atoms with Crippen LogP contribution in [0.15, 0.2) is 29.4 Å². The Balaban J connectivity index is 2.43. The largest absolute Gasteiger partial charge is 0.348 e. The number of hydrogen-bond acceptors (Lipinski definition) is 4. The van der Waals surface area contributed by atoms with E-state index < -0.39 is 0 Å². The standard InChI is InChI=1S/C11H14N2O2S/c1-8(14)7-13-11(15)9(2)16-10-5-3-4-6-12-10/h3-6,9H,7H2,1-2H3,(H,13,15)/t9-/m0/s1. The second-order valence-electron chi connectivity index (χ2n) is 3.35. The molecule has 0 aromatic carbocycles. The van der Waals surface area contributed by atoms with Crippen LogP contribution in [0, 0.1) is 0 Å². The van der Waals surface area contributed by atoms with E-state index in [1.54, 1.807) is 13.1 Å². The normalized spacial score (nSPS) is 11.9. The lowest BCUT2D eigenvalue weighted by molar-refractivity contribution is -0.123. The number of ketones is 1. The fourth-order valence-electron chi connectivity index (χ4n) is 1.01. The van der Waals surface area contributed by atoms with E-state index in [0.29, 0.717) is 0 Å². The summed E-state index contributed by atoms with van der Waals surface area (Å²) in [7, 11) is 0. The second kappa shape index (κ2) is 6.27. The minimum atomic E-state index is -0.255. The summed E-state index contributed by atoms with van der Waals surface area (Å²) in [6.07, 6.45) is 1.68. The van der Waals surface area contributed by atoms with Gasteiger partial charge in [-0.25, -0.2) is 4.98 Å². The number of rotatable bonds is 5. The van der Waals surface area contributed by atoms with Gasteiger partial charge in [0.1, 0.15) is 5.78 Å². The number of pyridine rings is 1. The monoisotopic (exact) mass is 238 g/mol. The number of amides is 1. The van der Waals surface area contributed by atoms with E-state index in [2.05, 4.69) is 10.3 Å². The van der Waals surface area contributed by atoms with Crippen LogP contribution in [0.25, 0.3) is 0 Å². The van der Waals surface area contributed by atoms with Crippen molar-refractivity contribution in [3.8, 4) is 0 Å². The fourth-order valence-corrected chi connectivity index (χ4v) is 1.84. The maximum absolute atomic E-state index is 11.5. The zero-order valence-electron chi connectivity index (χ0n) is 9.27. The lowest BCUT2D eigenvalue weighted by atomic mass is 10.4. The minimum absolute atomic E-state index is 0.0524. The zero-order chi connectivity index (χ0) is 12.0. The van der Waals surface area contributed by atoms with E-state index in [9.17, 15) is 9.59 Å². The molecule has 86 valence electrons. The summed E-state index contributed by atoms with van der Waals surface area (Å²) in [4.78, 5) is 26.3. The van der Waals surface area contributed by atoms with Crippen molar-refractivity contribution in [2.24, 2.45) is 0 Å². The highest BCUT2D eigenvalue weighted by Crippen LogP contribution is 2.20. The summed E-state index contributed by atoms with van der Waals surface area (Å²) in [5.74, 6) is -0.200. The Hall–Kier alpha value is -1.36. The van der Waals surface area contributed by atoms with Gasteiger partial charge in [0, 0.05) is 6.20 Å². The van der Waals surface area contributed by atoms with Crippen molar-refractivity contribution in [3.63, 3.8) is 0 Å². The van der Waals surface area contributed by atoms with E-state index >= 15 is 0 Å². The topological polar surface area (TPSA) is 59.1 Å². The van der Waals surface area contributed by atoms with Crippen LogP contribution in [-0.2, 0) is 9.59 Å². The Bertz CT molecular complexity index is 368. The van der Waals surface area contributed by atoms with Crippen LogP contribution >= 0.6 is 11.8 Å². The Kier molecular flexibility index (Phi) is 4.98. The van der Waals surface area contributed by atoms with Crippen molar-refractivity contribution in [3.05, 3.63) is 24.4 Å². The number of nitrogens with one attached hydrogen (secondary N) is 1. The first-order valence-corrected chi connectivity index (χ1v) is 5.82. The van der Waals surface area contributed by atoms with Crippen LogP contribution in [0.1, 0.15) is 13.8 Å². The number of aromatic nitrogens is 1. The lowest BCUT2D eigenvalue weighted by Crippen LogP contribution is -2.34. The van der Waals surface area contributed by atoms with Crippen molar-refractivity contribution in [1.29, 1.82) is 0 Å². The third-order valence-corrected chi connectivity index (χ3v) is 2.87. The van der Waals surface area contributed by atoms with Gasteiger partial charge in [-0.2, -0.15) is 0 Å². The number of thioether (sulfide) groups is 1. The van der Waals surface area contributed by atoms with E-state index in [4.69, 9.17) is 0 Å². The second-order valence-corrected chi connectivity index (χ2v) is 4.71. The molecule has 0 unspecified atom stereocenters. The molecular weight excluding hydrogens is 224 g/mol. The molecule has 16 heavy (non-hydrogen) atoms. The molecule has 0 spiro atoms. The molecule has 0 aliphatic carbocycles. The van der Waals surface area contributed by atoms with E-state index in [0.717, 1.165) is 5.03 Å². The van der Waals surface area contributed by atoms with Gasteiger partial charge in [-0.1, -0.05) is 17.8 Å². The molecule has 1 heterocycles. The molecule has 0 saturated carbocycles. The highest BCUT2D eigenvalue weighted by atomic mass is 32.2. The Morgan fingerprint density at radius 3 is 2.81 bits per heavy atom. The third-order valence-electron chi connectivity index (χ3n) is 1.82. The molecule has 0 aliphatic heterocycles. The van der Waals surface area contributed by atoms with E-state index in [1.807, 2.05) is 18.2 Å². The summed E-state index contributed by atoms with van der Waals surface area (Å²) in [5, 5.41) is 3.11. The molecule has 0 fully saturated rings. The summed E-state index contributed by atoms with van der Waals surface area (Å²) in [6, 6.07) is 5.54. The van der Waals surface area contributed by atoms with Gasteiger partial charge in [0.25, 0.3) is 0 Å². The minimum Gasteiger partial charge on any atom is -0.348 e. The van der Waals surface area contributed by atoms with E-state index in [-0.39, 0.29) is 23.5 Å². The number of hydrogen-bond donors (Lipinski definition) is 1. The Morgan fingerprint density at radius 2 is 2.25 bits per heavy atom. The van der Waals surface area contributed by atoms with Gasteiger partial charge in [-0.05, 0) is 26.0 Å². The number of carbonyl (C=O) groups excluding carboxylic acids is 2. The highest BCUT2D eigenvalue weighted by molar-refractivity contribution is 8.00. The predicted molar refractivity (Wildman–Crippen MR) is 63.2 cm³/mol. The van der Waals surface area contributed by atoms with Gasteiger partial charge in [-0.3, -0.25) is 9.59 Å². The third kappa shape index (κ3) is 4.44. The quantitative estimate of drug-likeness (QED) is 0.785. The van der Waals surface area contributed by atoms with Crippen LogP contribution < -0.4 is 5.32 Å². The smallest absolute Gasteiger partial charge is 0.233 e. The van der Waals surface area contributed by atoms with Crippen molar-refractivity contribution >= 4 is 23.5 Å². The van der Waals surface area contributed by atoms with Gasteiger partial charge in [0.05, 0.1) is 16.8 Å². The summed E-state index contributed by atoms with van der Waals surface area (Å²) >= 11 is 1.37. The first-order chi connectivity index (χ1) is 7.59. The van der Waals surface area contributed by atoms with Crippen molar-refractivity contribution < 1.29 is 9.59 Å². The molecule has 1 aromatic heterocycles. The van der Waals surface area contributed by atoms with Gasteiger partial charge >= 0.3 is 0 Å². The SMILES string of the molecule is CC(=O)CNC(=O)[C@H](C)Sc1ccccn1. The first-order valence-electron chi connectivity index (χ1n) is 4.94. The van der Waals surface area contributed by atoms with Crippen LogP contribution in [0.3, 0.4) is 0 Å². The molecule has 0 aliphatic rings. The molecule has 1 atom stereocenters. The summed E-state index contributed by atoms with van der Waals surface area (Å²) in [6.45, 7) is 3.32. The van der Waals surface area contributed by atoms with Crippen LogP contribution in [-0.4, -0.2) is 28.5 Å². The van der Waals surface area contributed by atoms with Crippen molar-refractivity contribution in [1.82, 2.24) is 10.3 Å². The maximum Gasteiger partial charge on any atom is 0.233 e. The van der Waals surface area contributed by atoms with Gasteiger partial charge in [0.15, 0.2) is 0 Å². The lowest BCUT2D eigenvalue weighted by Gasteiger charge is -2.10. The molecule has 0 bridgehead atoms. The molecular formula is C11H14N2O2S. The Labute approximate surface area is 98.8 Å². The van der Waals surface area contributed by atoms with Crippen molar-refractivity contribution in [2.75, 3.05) is 6.54 Å². The van der Waals surface area contributed by atoms with Gasteiger partial charge in [-0.15, -0.1) is 0 Å². The van der Waals surface area contributed by atoms with Crippen molar-refractivity contribution in [2.45, 2.75) is 24.1 Å². The van der Waals surface area contributed by atoms with Gasteiger partial charge in [0.2, 0.25) is 5.91 Å². The first kappa shape index (κ1) is 12.7. The van der Waals surface area contributed by atoms with Gasteiger partial charge < -0.3 is 5.32 Å². The maximum atomic E-state index is 11.5. The molecule has 5 heteroatoms. The Morgan fingerprint density at radius 1 is 1.50 bits per heavy atom. The highest BCUT2D eigenvalue weighted by Gasteiger charge is 2.14. The molecule has 4 nitrogen and oxygen atoms in total.